The number of nitrogens with two attached hydrogens (primary N) is 1. The number of carbonyl (C=O) groups is 1. The van der Waals surface area contributed by atoms with Crippen molar-refractivity contribution < 1.29 is 14.3 Å². The first kappa shape index (κ1) is 25.5. The van der Waals surface area contributed by atoms with Crippen molar-refractivity contribution in [3.63, 3.8) is 0 Å². The number of nitrogens with one attached hydrogen (secondary N) is 1. The SMILES string of the molecule is CCCN(CCC)c1cc(/C=N/Nc2cccc(C(N)=O)c2)nc(OCCN2CCOCC2)c1. The number of pyridine rings is 1. The lowest BCUT2D eigenvalue weighted by Gasteiger charge is -2.26. The molecule has 9 nitrogen and oxygen atoms in total. The van der Waals surface area contributed by atoms with Gasteiger partial charge in [0.15, 0.2) is 0 Å². The Kier molecular flexibility index (Phi) is 10.1. The number of aromatic nitrogens is 1. The number of carbonyl (C=O) groups excluding carboxylic acids is 1. The minimum atomic E-state index is -0.479. The van der Waals surface area contributed by atoms with Gasteiger partial charge in [0.25, 0.3) is 0 Å². The Labute approximate surface area is 201 Å². The first-order valence-corrected chi connectivity index (χ1v) is 12.0. The highest BCUT2D eigenvalue weighted by atomic mass is 16.5. The third-order valence-corrected chi connectivity index (χ3v) is 5.46. The fourth-order valence-corrected chi connectivity index (χ4v) is 3.76. The van der Waals surface area contributed by atoms with Crippen LogP contribution in [0.3, 0.4) is 0 Å². The van der Waals surface area contributed by atoms with Gasteiger partial charge in [-0.25, -0.2) is 4.98 Å². The Bertz CT molecular complexity index is 940. The fourth-order valence-electron chi connectivity index (χ4n) is 3.76. The normalized spacial score (nSPS) is 14.3. The minimum Gasteiger partial charge on any atom is -0.476 e. The minimum absolute atomic E-state index is 0.422. The number of amides is 1. The number of primary amides is 1. The van der Waals surface area contributed by atoms with Crippen LogP contribution in [0, 0.1) is 0 Å². The lowest BCUT2D eigenvalue weighted by atomic mass is 10.2. The van der Waals surface area contributed by atoms with Crippen LogP contribution in [0.4, 0.5) is 11.4 Å². The van der Waals surface area contributed by atoms with Gasteiger partial charge < -0.3 is 20.1 Å². The van der Waals surface area contributed by atoms with Crippen LogP contribution < -0.4 is 20.8 Å². The van der Waals surface area contributed by atoms with Crippen LogP contribution in [0.1, 0.15) is 42.7 Å². The largest absolute Gasteiger partial charge is 0.476 e. The van der Waals surface area contributed by atoms with E-state index < -0.39 is 5.91 Å². The predicted molar refractivity (Wildman–Crippen MR) is 136 cm³/mol. The van der Waals surface area contributed by atoms with Gasteiger partial charge in [-0.15, -0.1) is 0 Å². The summed E-state index contributed by atoms with van der Waals surface area (Å²) in [6.07, 6.45) is 3.76. The number of ether oxygens (including phenoxy) is 2. The van der Waals surface area contributed by atoms with Crippen molar-refractivity contribution in [2.45, 2.75) is 26.7 Å². The average molecular weight is 469 g/mol. The molecule has 1 aliphatic heterocycles. The molecule has 1 fully saturated rings. The number of benzene rings is 1. The van der Waals surface area contributed by atoms with E-state index in [2.05, 4.69) is 39.2 Å². The zero-order chi connectivity index (χ0) is 24.2. The summed E-state index contributed by atoms with van der Waals surface area (Å²) in [5.41, 5.74) is 11.1. The fraction of sp³-hybridized carbons (Fsp3) is 0.480. The molecule has 9 heteroatoms. The molecule has 1 aliphatic rings. The summed E-state index contributed by atoms with van der Waals surface area (Å²) in [5, 5.41) is 4.31. The van der Waals surface area contributed by atoms with Crippen molar-refractivity contribution in [1.29, 1.82) is 0 Å². The van der Waals surface area contributed by atoms with Crippen molar-refractivity contribution in [3.8, 4) is 5.88 Å². The molecule has 34 heavy (non-hydrogen) atoms. The Hall–Kier alpha value is -3.17. The molecule has 0 atom stereocenters. The van der Waals surface area contributed by atoms with Gasteiger partial charge in [0.1, 0.15) is 6.61 Å². The molecule has 0 saturated carbocycles. The van der Waals surface area contributed by atoms with Crippen molar-refractivity contribution in [3.05, 3.63) is 47.7 Å². The lowest BCUT2D eigenvalue weighted by Crippen LogP contribution is -2.38. The molecular formula is C25H36N6O3. The molecule has 1 aromatic heterocycles. The summed E-state index contributed by atoms with van der Waals surface area (Å²) in [7, 11) is 0. The number of rotatable bonds is 13. The van der Waals surface area contributed by atoms with Crippen LogP contribution in [-0.2, 0) is 4.74 Å². The molecule has 1 aromatic carbocycles. The molecule has 1 saturated heterocycles. The van der Waals surface area contributed by atoms with Crippen LogP contribution in [-0.4, -0.2) is 74.6 Å². The van der Waals surface area contributed by atoms with E-state index in [1.807, 2.05) is 18.2 Å². The summed E-state index contributed by atoms with van der Waals surface area (Å²) >= 11 is 0. The Morgan fingerprint density at radius 3 is 2.71 bits per heavy atom. The standard InChI is InChI=1S/C25H36N6O3/c1-3-8-31(9-4-2)23-17-22(19-27-29-21-7-5-6-20(16-21)25(26)32)28-24(18-23)34-15-12-30-10-13-33-14-11-30/h5-7,16-19,29H,3-4,8-15H2,1-2H3,(H2,26,32)/b27-19+. The van der Waals surface area contributed by atoms with E-state index >= 15 is 0 Å². The van der Waals surface area contributed by atoms with Crippen LogP contribution in [0.25, 0.3) is 0 Å². The third kappa shape index (κ3) is 8.00. The maximum Gasteiger partial charge on any atom is 0.248 e. The monoisotopic (exact) mass is 468 g/mol. The van der Waals surface area contributed by atoms with E-state index in [9.17, 15) is 4.79 Å². The number of nitrogens with zero attached hydrogens (tertiary/aromatic N) is 4. The summed E-state index contributed by atoms with van der Waals surface area (Å²) in [6.45, 7) is 11.1. The first-order chi connectivity index (χ1) is 16.6. The zero-order valence-corrected chi connectivity index (χ0v) is 20.2. The molecule has 0 radical (unpaired) electrons. The van der Waals surface area contributed by atoms with Gasteiger partial charge >= 0.3 is 0 Å². The van der Waals surface area contributed by atoms with Crippen LogP contribution in [0.2, 0.25) is 0 Å². The van der Waals surface area contributed by atoms with Crippen LogP contribution >= 0.6 is 0 Å². The molecule has 184 valence electrons. The molecule has 1 amide bonds. The Morgan fingerprint density at radius 2 is 2.00 bits per heavy atom. The Morgan fingerprint density at radius 1 is 1.24 bits per heavy atom. The van der Waals surface area contributed by atoms with Crippen molar-refractivity contribution >= 4 is 23.5 Å². The molecule has 0 aliphatic carbocycles. The average Bonchev–Trinajstić information content (AvgIpc) is 2.85. The smallest absolute Gasteiger partial charge is 0.248 e. The zero-order valence-electron chi connectivity index (χ0n) is 20.2. The van der Waals surface area contributed by atoms with Gasteiger partial charge in [-0.05, 0) is 37.1 Å². The molecule has 3 rings (SSSR count). The van der Waals surface area contributed by atoms with Crippen molar-refractivity contribution in [1.82, 2.24) is 9.88 Å². The van der Waals surface area contributed by atoms with Crippen molar-refractivity contribution in [2.24, 2.45) is 10.8 Å². The van der Waals surface area contributed by atoms with E-state index in [-0.39, 0.29) is 0 Å². The Balaban J connectivity index is 1.73. The van der Waals surface area contributed by atoms with E-state index in [4.69, 9.17) is 15.2 Å². The molecular weight excluding hydrogens is 432 g/mol. The first-order valence-electron chi connectivity index (χ1n) is 12.0. The predicted octanol–water partition coefficient (Wildman–Crippen LogP) is 2.96. The molecule has 2 heterocycles. The van der Waals surface area contributed by atoms with Crippen LogP contribution in [0.15, 0.2) is 41.5 Å². The number of anilines is 2. The second-order valence-corrected chi connectivity index (χ2v) is 8.19. The van der Waals surface area contributed by atoms with Gasteiger partial charge in [0, 0.05) is 50.0 Å². The molecule has 2 aromatic rings. The highest BCUT2D eigenvalue weighted by molar-refractivity contribution is 5.93. The van der Waals surface area contributed by atoms with Gasteiger partial charge in [0.05, 0.1) is 30.8 Å². The molecule has 3 N–H and O–H groups in total. The van der Waals surface area contributed by atoms with Crippen LogP contribution in [0.5, 0.6) is 5.88 Å². The number of hydrazone groups is 1. The topological polar surface area (TPSA) is 105 Å². The maximum atomic E-state index is 11.4. The van der Waals surface area contributed by atoms with Gasteiger partial charge in [0.2, 0.25) is 11.8 Å². The maximum absolute atomic E-state index is 11.4. The van der Waals surface area contributed by atoms with E-state index in [1.165, 1.54) is 0 Å². The quantitative estimate of drug-likeness (QED) is 0.344. The van der Waals surface area contributed by atoms with E-state index in [1.54, 1.807) is 24.4 Å². The summed E-state index contributed by atoms with van der Waals surface area (Å²) in [5.74, 6) is 0.105. The van der Waals surface area contributed by atoms with Crippen molar-refractivity contribution in [2.75, 3.05) is 62.9 Å². The van der Waals surface area contributed by atoms with Gasteiger partial charge in [-0.3, -0.25) is 15.1 Å². The molecule has 0 bridgehead atoms. The van der Waals surface area contributed by atoms with Gasteiger partial charge in [-0.1, -0.05) is 19.9 Å². The third-order valence-electron chi connectivity index (χ3n) is 5.46. The number of hydrogen-bond donors (Lipinski definition) is 2. The lowest BCUT2D eigenvalue weighted by molar-refractivity contribution is 0.0320. The second kappa shape index (κ2) is 13.5. The summed E-state index contributed by atoms with van der Waals surface area (Å²) < 4.78 is 11.5. The highest BCUT2D eigenvalue weighted by Crippen LogP contribution is 2.22. The summed E-state index contributed by atoms with van der Waals surface area (Å²) in [4.78, 5) is 20.7. The molecule has 0 unspecified atom stereocenters. The number of hydrogen-bond acceptors (Lipinski definition) is 8. The highest BCUT2D eigenvalue weighted by Gasteiger charge is 2.12. The molecule has 0 spiro atoms. The van der Waals surface area contributed by atoms with Gasteiger partial charge in [-0.2, -0.15) is 5.10 Å². The second-order valence-electron chi connectivity index (χ2n) is 8.19. The van der Waals surface area contributed by atoms with E-state index in [0.717, 1.165) is 64.5 Å². The van der Waals surface area contributed by atoms with E-state index in [0.29, 0.717) is 29.4 Å². The summed E-state index contributed by atoms with van der Waals surface area (Å²) in [6, 6.07) is 10.9. The number of morpholine rings is 1.